The van der Waals surface area contributed by atoms with Crippen LogP contribution in [0.15, 0.2) is 42.5 Å². The maximum absolute atomic E-state index is 11.2. The van der Waals surface area contributed by atoms with Crippen LogP contribution < -0.4 is 0 Å². The van der Waals surface area contributed by atoms with Crippen molar-refractivity contribution in [3.05, 3.63) is 64.7 Å². The number of carbonyl (C=O) groups is 1. The Morgan fingerprint density at radius 1 is 1.10 bits per heavy atom. The first kappa shape index (κ1) is 14.1. The predicted molar refractivity (Wildman–Crippen MR) is 74.9 cm³/mol. The highest BCUT2D eigenvalue weighted by atomic mass is 16.4. The summed E-state index contributed by atoms with van der Waals surface area (Å²) in [5.74, 6) is -1.09. The van der Waals surface area contributed by atoms with Crippen molar-refractivity contribution >= 4 is 5.97 Å². The van der Waals surface area contributed by atoms with Gasteiger partial charge in [-0.3, -0.25) is 0 Å². The first-order chi connectivity index (χ1) is 9.56. The quantitative estimate of drug-likeness (QED) is 0.799. The Hall–Kier alpha value is -2.33. The number of aromatic carboxylic acids is 1. The van der Waals surface area contributed by atoms with Gasteiger partial charge in [-0.05, 0) is 23.6 Å². The molecule has 0 bridgehead atoms. The van der Waals surface area contributed by atoms with Crippen molar-refractivity contribution in [3.63, 3.8) is 0 Å². The minimum absolute atomic E-state index is 0.0164. The van der Waals surface area contributed by atoms with Crippen molar-refractivity contribution in [1.82, 2.24) is 0 Å². The molecule has 0 aliphatic heterocycles. The second kappa shape index (κ2) is 5.75. The fourth-order valence-electron chi connectivity index (χ4n) is 2.21. The van der Waals surface area contributed by atoms with Crippen LogP contribution in [0.2, 0.25) is 0 Å². The molecule has 0 fully saturated rings. The number of benzene rings is 2. The fraction of sp³-hybridized carbons (Fsp3) is 0.188. The average molecular weight is 272 g/mol. The second-order valence-electron chi connectivity index (χ2n) is 4.50. The van der Waals surface area contributed by atoms with Crippen LogP contribution in [0.25, 0.3) is 0 Å². The van der Waals surface area contributed by atoms with E-state index >= 15 is 0 Å². The summed E-state index contributed by atoms with van der Waals surface area (Å²) in [7, 11) is 0. The standard InChI is InChI=1S/C16H16O4/c1-2-10-6-5-9-13(14(10)17)15(18)11-7-3-4-8-12(11)16(19)20/h3-9,15,17-18H,2H2,1H3,(H,19,20). The first-order valence-electron chi connectivity index (χ1n) is 6.37. The third-order valence-electron chi connectivity index (χ3n) is 3.31. The minimum Gasteiger partial charge on any atom is -0.507 e. The molecule has 4 nitrogen and oxygen atoms in total. The zero-order chi connectivity index (χ0) is 14.7. The molecule has 0 radical (unpaired) electrons. The van der Waals surface area contributed by atoms with E-state index in [1.807, 2.05) is 6.92 Å². The van der Waals surface area contributed by atoms with E-state index in [4.69, 9.17) is 5.11 Å². The number of rotatable bonds is 4. The number of hydrogen-bond donors (Lipinski definition) is 3. The van der Waals surface area contributed by atoms with Crippen molar-refractivity contribution in [2.24, 2.45) is 0 Å². The second-order valence-corrected chi connectivity index (χ2v) is 4.50. The Morgan fingerprint density at radius 2 is 1.75 bits per heavy atom. The molecule has 20 heavy (non-hydrogen) atoms. The van der Waals surface area contributed by atoms with Crippen molar-refractivity contribution < 1.29 is 20.1 Å². The Labute approximate surface area is 116 Å². The maximum atomic E-state index is 11.2. The van der Waals surface area contributed by atoms with Gasteiger partial charge in [0.2, 0.25) is 0 Å². The molecule has 0 aliphatic carbocycles. The SMILES string of the molecule is CCc1cccc(C(O)c2ccccc2C(=O)O)c1O. The van der Waals surface area contributed by atoms with Gasteiger partial charge in [-0.15, -0.1) is 0 Å². The molecular weight excluding hydrogens is 256 g/mol. The molecule has 1 atom stereocenters. The molecule has 3 N–H and O–H groups in total. The molecule has 0 aliphatic rings. The summed E-state index contributed by atoms with van der Waals surface area (Å²) in [4.78, 5) is 11.2. The smallest absolute Gasteiger partial charge is 0.336 e. The number of phenolic OH excluding ortho intramolecular Hbond substituents is 1. The molecule has 0 saturated heterocycles. The third kappa shape index (κ3) is 2.51. The van der Waals surface area contributed by atoms with Gasteiger partial charge in [-0.2, -0.15) is 0 Å². The molecule has 2 rings (SSSR count). The number of carboxylic acids is 1. The third-order valence-corrected chi connectivity index (χ3v) is 3.31. The highest BCUT2D eigenvalue weighted by Gasteiger charge is 2.21. The molecule has 0 amide bonds. The van der Waals surface area contributed by atoms with Crippen LogP contribution in [0.4, 0.5) is 0 Å². The maximum Gasteiger partial charge on any atom is 0.336 e. The molecule has 0 spiro atoms. The number of aryl methyl sites for hydroxylation is 1. The van der Waals surface area contributed by atoms with E-state index in [1.54, 1.807) is 36.4 Å². The fourth-order valence-corrected chi connectivity index (χ4v) is 2.21. The van der Waals surface area contributed by atoms with E-state index in [-0.39, 0.29) is 16.9 Å². The van der Waals surface area contributed by atoms with Gasteiger partial charge in [-0.25, -0.2) is 4.79 Å². The van der Waals surface area contributed by atoms with E-state index in [1.165, 1.54) is 6.07 Å². The number of carboxylic acid groups (broad SMARTS) is 1. The topological polar surface area (TPSA) is 77.8 Å². The lowest BCUT2D eigenvalue weighted by atomic mass is 9.94. The monoisotopic (exact) mass is 272 g/mol. The minimum atomic E-state index is -1.17. The normalized spacial score (nSPS) is 12.1. The molecule has 104 valence electrons. The summed E-state index contributed by atoms with van der Waals surface area (Å²) in [5, 5.41) is 29.7. The summed E-state index contributed by atoms with van der Waals surface area (Å²) in [6.07, 6.45) is -0.540. The molecule has 1 unspecified atom stereocenters. The van der Waals surface area contributed by atoms with Crippen molar-refractivity contribution in [2.75, 3.05) is 0 Å². The number of hydrogen-bond acceptors (Lipinski definition) is 3. The molecule has 2 aromatic carbocycles. The van der Waals surface area contributed by atoms with Gasteiger partial charge in [0.25, 0.3) is 0 Å². The Balaban J connectivity index is 2.52. The lowest BCUT2D eigenvalue weighted by molar-refractivity contribution is 0.0691. The number of phenols is 1. The highest BCUT2D eigenvalue weighted by molar-refractivity contribution is 5.89. The van der Waals surface area contributed by atoms with Crippen molar-refractivity contribution in [3.8, 4) is 5.75 Å². The summed E-state index contributed by atoms with van der Waals surface area (Å²) in [6, 6.07) is 11.3. The van der Waals surface area contributed by atoms with E-state index in [0.717, 1.165) is 0 Å². The zero-order valence-electron chi connectivity index (χ0n) is 11.1. The average Bonchev–Trinajstić information content (AvgIpc) is 2.46. The van der Waals surface area contributed by atoms with Crippen LogP contribution in [0.5, 0.6) is 5.75 Å². The lowest BCUT2D eigenvalue weighted by Gasteiger charge is -2.16. The van der Waals surface area contributed by atoms with Gasteiger partial charge in [-0.1, -0.05) is 43.3 Å². The van der Waals surface area contributed by atoms with Gasteiger partial charge in [0.05, 0.1) is 5.56 Å². The molecule has 4 heteroatoms. The van der Waals surface area contributed by atoms with Crippen LogP contribution in [0.1, 0.15) is 40.1 Å². The molecule has 0 aromatic heterocycles. The number of para-hydroxylation sites is 1. The van der Waals surface area contributed by atoms with E-state index < -0.39 is 12.1 Å². The van der Waals surface area contributed by atoms with Gasteiger partial charge in [0.15, 0.2) is 0 Å². The van der Waals surface area contributed by atoms with Gasteiger partial charge in [0.1, 0.15) is 11.9 Å². The predicted octanol–water partition coefficient (Wildman–Crippen LogP) is 2.73. The van der Waals surface area contributed by atoms with Crippen LogP contribution in [-0.2, 0) is 6.42 Å². The summed E-state index contributed by atoms with van der Waals surface area (Å²) >= 11 is 0. The van der Waals surface area contributed by atoms with Gasteiger partial charge >= 0.3 is 5.97 Å². The highest BCUT2D eigenvalue weighted by Crippen LogP contribution is 2.33. The first-order valence-corrected chi connectivity index (χ1v) is 6.37. The van der Waals surface area contributed by atoms with Gasteiger partial charge < -0.3 is 15.3 Å². The largest absolute Gasteiger partial charge is 0.507 e. The summed E-state index contributed by atoms with van der Waals surface area (Å²) in [5.41, 5.74) is 1.33. The van der Waals surface area contributed by atoms with Crippen LogP contribution >= 0.6 is 0 Å². The molecule has 0 heterocycles. The van der Waals surface area contributed by atoms with Crippen molar-refractivity contribution in [2.45, 2.75) is 19.4 Å². The Morgan fingerprint density at radius 3 is 2.40 bits per heavy atom. The lowest BCUT2D eigenvalue weighted by Crippen LogP contribution is -2.08. The zero-order valence-corrected chi connectivity index (χ0v) is 11.1. The van der Waals surface area contributed by atoms with Crippen LogP contribution in [0, 0.1) is 0 Å². The van der Waals surface area contributed by atoms with E-state index in [9.17, 15) is 15.0 Å². The summed E-state index contributed by atoms with van der Waals surface area (Å²) in [6.45, 7) is 1.90. The van der Waals surface area contributed by atoms with E-state index in [2.05, 4.69) is 0 Å². The molecule has 0 saturated carbocycles. The van der Waals surface area contributed by atoms with Gasteiger partial charge in [0, 0.05) is 5.56 Å². The molecule has 2 aromatic rings. The van der Waals surface area contributed by atoms with Crippen LogP contribution in [0.3, 0.4) is 0 Å². The number of aromatic hydroxyl groups is 1. The number of aliphatic hydroxyl groups excluding tert-OH is 1. The Kier molecular flexibility index (Phi) is 4.05. The molecular formula is C16H16O4. The summed E-state index contributed by atoms with van der Waals surface area (Å²) < 4.78 is 0. The number of aliphatic hydroxyl groups is 1. The Bertz CT molecular complexity index is 634. The van der Waals surface area contributed by atoms with E-state index in [0.29, 0.717) is 17.5 Å². The van der Waals surface area contributed by atoms with Crippen molar-refractivity contribution in [1.29, 1.82) is 0 Å². The van der Waals surface area contributed by atoms with Crippen LogP contribution in [-0.4, -0.2) is 21.3 Å².